The number of carbonyl (C=O) groups is 2. The lowest BCUT2D eigenvalue weighted by Gasteiger charge is -2.22. The van der Waals surface area contributed by atoms with Gasteiger partial charge < -0.3 is 29.6 Å². The summed E-state index contributed by atoms with van der Waals surface area (Å²) in [4.78, 5) is 43.8. The number of rotatable bonds is 9. The van der Waals surface area contributed by atoms with Crippen LogP contribution >= 0.6 is 0 Å². The number of likely N-dealkylation sites (N-methyl/N-ethyl adjacent to an activating group) is 1. The number of anilines is 2. The molecule has 0 bridgehead atoms. The number of carbonyl (C=O) groups excluding carboxylic acids is 2. The van der Waals surface area contributed by atoms with E-state index < -0.39 is 6.04 Å². The van der Waals surface area contributed by atoms with E-state index >= 15 is 0 Å². The van der Waals surface area contributed by atoms with Gasteiger partial charge in [0.2, 0.25) is 5.91 Å². The number of pyridine rings is 1. The van der Waals surface area contributed by atoms with Crippen LogP contribution in [0.15, 0.2) is 83.8 Å². The van der Waals surface area contributed by atoms with Gasteiger partial charge in [-0.2, -0.15) is 0 Å². The molecule has 1 aliphatic rings. The summed E-state index contributed by atoms with van der Waals surface area (Å²) in [6.07, 6.45) is 4.21. The Balaban J connectivity index is 1.51. The predicted molar refractivity (Wildman–Crippen MR) is 190 cm³/mol. The number of aromatic nitrogens is 2. The van der Waals surface area contributed by atoms with Gasteiger partial charge in [0.05, 0.1) is 23.8 Å². The average molecular weight is 649 g/mol. The lowest BCUT2D eigenvalue weighted by molar-refractivity contribution is -0.117. The van der Waals surface area contributed by atoms with E-state index in [1.807, 2.05) is 25.3 Å². The Morgan fingerprint density at radius 3 is 2.44 bits per heavy atom. The molecule has 248 valence electrons. The smallest absolute Gasteiger partial charge is 0.275 e. The minimum Gasteiger partial charge on any atom is -0.371 e. The maximum atomic E-state index is 14.2. The Morgan fingerprint density at radius 2 is 1.71 bits per heavy atom. The first-order valence-corrected chi connectivity index (χ1v) is 16.2. The Bertz CT molecular complexity index is 2080. The molecule has 9 nitrogen and oxygen atoms in total. The molecule has 0 aliphatic carbocycles. The van der Waals surface area contributed by atoms with Crippen molar-refractivity contribution in [3.05, 3.63) is 112 Å². The first kappa shape index (κ1) is 32.7. The summed E-state index contributed by atoms with van der Waals surface area (Å²) >= 11 is 0. The van der Waals surface area contributed by atoms with E-state index in [0.717, 1.165) is 59.3 Å². The second kappa shape index (κ2) is 13.5. The maximum absolute atomic E-state index is 14.2. The fraction of sp³-hybridized carbons (Fsp3) is 0.289. The van der Waals surface area contributed by atoms with E-state index in [4.69, 9.17) is 0 Å². The van der Waals surface area contributed by atoms with Crippen LogP contribution in [-0.4, -0.2) is 66.1 Å². The average Bonchev–Trinajstić information content (AvgIpc) is 3.74. The van der Waals surface area contributed by atoms with Crippen LogP contribution in [0.4, 0.5) is 15.8 Å². The highest BCUT2D eigenvalue weighted by molar-refractivity contribution is 5.96. The quantitative estimate of drug-likeness (QED) is 0.211. The number of amides is 2. The van der Waals surface area contributed by atoms with Crippen molar-refractivity contribution in [3.8, 4) is 16.9 Å². The summed E-state index contributed by atoms with van der Waals surface area (Å²) in [5.41, 5.74) is 6.29. The van der Waals surface area contributed by atoms with Crippen molar-refractivity contribution in [2.45, 2.75) is 39.3 Å². The molecule has 10 heteroatoms. The molecule has 2 N–H and O–H groups in total. The molecule has 6 rings (SSSR count). The minimum absolute atomic E-state index is 0.146. The summed E-state index contributed by atoms with van der Waals surface area (Å²) in [5, 5.41) is 6.54. The minimum atomic E-state index is -0.501. The van der Waals surface area contributed by atoms with E-state index in [-0.39, 0.29) is 35.4 Å². The van der Waals surface area contributed by atoms with Crippen molar-refractivity contribution >= 4 is 34.1 Å². The molecular formula is C38H41FN6O3. The molecule has 2 aromatic heterocycles. The van der Waals surface area contributed by atoms with E-state index in [9.17, 15) is 18.8 Å². The van der Waals surface area contributed by atoms with Crippen molar-refractivity contribution in [1.29, 1.82) is 0 Å². The highest BCUT2D eigenvalue weighted by Crippen LogP contribution is 2.31. The molecule has 1 saturated heterocycles. The van der Waals surface area contributed by atoms with Crippen molar-refractivity contribution in [1.82, 2.24) is 19.4 Å². The van der Waals surface area contributed by atoms with Crippen LogP contribution in [0.3, 0.4) is 0 Å². The van der Waals surface area contributed by atoms with Gasteiger partial charge in [-0.25, -0.2) is 4.39 Å². The van der Waals surface area contributed by atoms with Crippen LogP contribution in [-0.2, 0) is 11.3 Å². The van der Waals surface area contributed by atoms with Crippen LogP contribution < -0.4 is 21.1 Å². The molecule has 3 aromatic carbocycles. The van der Waals surface area contributed by atoms with Gasteiger partial charge in [-0.1, -0.05) is 12.1 Å². The molecule has 1 fully saturated rings. The molecule has 1 atom stereocenters. The number of fused-ring (bicyclic) bond motifs is 1. The second-order valence-electron chi connectivity index (χ2n) is 12.7. The molecule has 0 radical (unpaired) electrons. The molecule has 48 heavy (non-hydrogen) atoms. The number of benzene rings is 3. The third kappa shape index (κ3) is 6.48. The fourth-order valence-corrected chi connectivity index (χ4v) is 6.33. The third-order valence-corrected chi connectivity index (χ3v) is 9.09. The van der Waals surface area contributed by atoms with Gasteiger partial charge in [-0.05, 0) is 111 Å². The van der Waals surface area contributed by atoms with Gasteiger partial charge in [0, 0.05) is 55.7 Å². The van der Waals surface area contributed by atoms with Crippen LogP contribution in [0.1, 0.15) is 41.3 Å². The zero-order valence-corrected chi connectivity index (χ0v) is 28.0. The van der Waals surface area contributed by atoms with Crippen molar-refractivity contribution in [2.75, 3.05) is 44.4 Å². The molecule has 5 aromatic rings. The lowest BCUT2D eigenvalue weighted by atomic mass is 10.0. The second-order valence-corrected chi connectivity index (χ2v) is 12.7. The standard InChI is InChI=1S/C38H41FN6O3/c1-24-22-44(35-13-11-29(39)20-32(24)35)31-18-26(17-30(21-31)43-15-6-7-16-43)23-45-34(27-9-8-10-28(19-27)37(47)42(4)5)14-12-33(38(45)48)41-36(46)25(2)40-3/h8-14,17-22,25,40H,6-7,15-16,23H2,1-5H3,(H,41,46)/t25-/m0/s1. The van der Waals surface area contributed by atoms with Crippen molar-refractivity contribution in [2.24, 2.45) is 0 Å². The third-order valence-electron chi connectivity index (χ3n) is 9.09. The summed E-state index contributed by atoms with van der Waals surface area (Å²) in [5.74, 6) is -0.751. The normalized spacial score (nSPS) is 13.6. The molecule has 0 saturated carbocycles. The topological polar surface area (TPSA) is 91.6 Å². The highest BCUT2D eigenvalue weighted by Gasteiger charge is 2.20. The molecule has 0 unspecified atom stereocenters. The maximum Gasteiger partial charge on any atom is 0.275 e. The van der Waals surface area contributed by atoms with Crippen LogP contribution in [0.2, 0.25) is 0 Å². The zero-order valence-electron chi connectivity index (χ0n) is 28.0. The largest absolute Gasteiger partial charge is 0.371 e. The summed E-state index contributed by atoms with van der Waals surface area (Å²) in [7, 11) is 5.08. The number of hydrogen-bond acceptors (Lipinski definition) is 5. The number of halogens is 1. The zero-order chi connectivity index (χ0) is 34.1. The number of nitrogens with zero attached hydrogens (tertiary/aromatic N) is 4. The number of aryl methyl sites for hydroxylation is 1. The van der Waals surface area contributed by atoms with E-state index in [1.54, 1.807) is 69.0 Å². The first-order chi connectivity index (χ1) is 23.0. The van der Waals surface area contributed by atoms with Gasteiger partial charge in [-0.15, -0.1) is 0 Å². The highest BCUT2D eigenvalue weighted by atomic mass is 19.1. The van der Waals surface area contributed by atoms with E-state index in [1.165, 1.54) is 11.0 Å². The molecule has 3 heterocycles. The lowest BCUT2D eigenvalue weighted by Crippen LogP contribution is -2.37. The first-order valence-electron chi connectivity index (χ1n) is 16.2. The van der Waals surface area contributed by atoms with Crippen LogP contribution in [0.5, 0.6) is 0 Å². The Hall–Kier alpha value is -5.22. The fourth-order valence-electron chi connectivity index (χ4n) is 6.33. The SMILES string of the molecule is CN[C@@H](C)C(=O)Nc1ccc(-c2cccc(C(=O)N(C)C)c2)n(Cc2cc(N3CCCC3)cc(-n3cc(C)c4cc(F)ccc43)c2)c1=O. The van der Waals surface area contributed by atoms with Gasteiger partial charge in [0.25, 0.3) is 11.5 Å². The Kier molecular flexibility index (Phi) is 9.19. The van der Waals surface area contributed by atoms with Gasteiger partial charge in [-0.3, -0.25) is 14.4 Å². The molecule has 0 spiro atoms. The number of nitrogens with one attached hydrogen (secondary N) is 2. The Labute approximate surface area is 279 Å². The van der Waals surface area contributed by atoms with Gasteiger partial charge >= 0.3 is 0 Å². The van der Waals surface area contributed by atoms with Gasteiger partial charge in [0.15, 0.2) is 0 Å². The van der Waals surface area contributed by atoms with E-state index in [2.05, 4.69) is 38.3 Å². The summed E-state index contributed by atoms with van der Waals surface area (Å²) < 4.78 is 17.9. The van der Waals surface area contributed by atoms with Crippen molar-refractivity contribution < 1.29 is 14.0 Å². The summed E-state index contributed by atoms with van der Waals surface area (Å²) in [6, 6.07) is 21.3. The van der Waals surface area contributed by atoms with Crippen LogP contribution in [0, 0.1) is 12.7 Å². The molecule has 1 aliphatic heterocycles. The van der Waals surface area contributed by atoms with Crippen LogP contribution in [0.25, 0.3) is 27.8 Å². The Morgan fingerprint density at radius 1 is 0.958 bits per heavy atom. The predicted octanol–water partition coefficient (Wildman–Crippen LogP) is 5.80. The molecule has 2 amide bonds. The van der Waals surface area contributed by atoms with Gasteiger partial charge in [0.1, 0.15) is 11.5 Å². The van der Waals surface area contributed by atoms with E-state index in [0.29, 0.717) is 16.8 Å². The summed E-state index contributed by atoms with van der Waals surface area (Å²) in [6.45, 7) is 5.76. The number of hydrogen-bond donors (Lipinski definition) is 2. The monoisotopic (exact) mass is 648 g/mol. The molecular weight excluding hydrogens is 607 g/mol. The van der Waals surface area contributed by atoms with Crippen molar-refractivity contribution in [3.63, 3.8) is 0 Å².